The Morgan fingerprint density at radius 1 is 1.25 bits per heavy atom. The first-order chi connectivity index (χ1) is 7.52. The van der Waals surface area contributed by atoms with Gasteiger partial charge in [-0.05, 0) is 19.4 Å². The first-order valence-electron chi connectivity index (χ1n) is 5.32. The SMILES string of the molecule is Cc1[nH]c2c(C)cccc2c1C(=O)N(C)C. The van der Waals surface area contributed by atoms with Crippen molar-refractivity contribution in [1.29, 1.82) is 0 Å². The van der Waals surface area contributed by atoms with Gasteiger partial charge in [-0.25, -0.2) is 0 Å². The van der Waals surface area contributed by atoms with Crippen molar-refractivity contribution < 1.29 is 4.79 Å². The van der Waals surface area contributed by atoms with Crippen LogP contribution in [0, 0.1) is 13.8 Å². The van der Waals surface area contributed by atoms with Gasteiger partial charge in [-0.2, -0.15) is 0 Å². The fourth-order valence-corrected chi connectivity index (χ4v) is 1.99. The van der Waals surface area contributed by atoms with Crippen molar-refractivity contribution in [3.63, 3.8) is 0 Å². The van der Waals surface area contributed by atoms with Crippen molar-refractivity contribution in [3.8, 4) is 0 Å². The lowest BCUT2D eigenvalue weighted by atomic mass is 10.1. The van der Waals surface area contributed by atoms with Crippen molar-refractivity contribution in [1.82, 2.24) is 9.88 Å². The first-order valence-corrected chi connectivity index (χ1v) is 5.32. The fourth-order valence-electron chi connectivity index (χ4n) is 1.99. The number of aromatic nitrogens is 1. The number of aryl methyl sites for hydroxylation is 2. The maximum atomic E-state index is 12.1. The maximum Gasteiger partial charge on any atom is 0.255 e. The number of hydrogen-bond acceptors (Lipinski definition) is 1. The zero-order valence-corrected chi connectivity index (χ0v) is 10.1. The average Bonchev–Trinajstić information content (AvgIpc) is 2.55. The smallest absolute Gasteiger partial charge is 0.255 e. The second kappa shape index (κ2) is 3.67. The molecule has 16 heavy (non-hydrogen) atoms. The van der Waals surface area contributed by atoms with Crippen LogP contribution in [0.1, 0.15) is 21.6 Å². The van der Waals surface area contributed by atoms with Crippen LogP contribution < -0.4 is 0 Å². The third-order valence-corrected chi connectivity index (χ3v) is 2.85. The molecule has 2 aromatic rings. The molecule has 84 valence electrons. The number of H-pyrrole nitrogens is 1. The van der Waals surface area contributed by atoms with Crippen LogP contribution in [0.15, 0.2) is 18.2 Å². The molecule has 0 saturated carbocycles. The number of aromatic amines is 1. The van der Waals surface area contributed by atoms with Gasteiger partial charge in [-0.15, -0.1) is 0 Å². The van der Waals surface area contributed by atoms with Crippen LogP contribution >= 0.6 is 0 Å². The Labute approximate surface area is 95.1 Å². The van der Waals surface area contributed by atoms with Gasteiger partial charge in [0, 0.05) is 30.7 Å². The highest BCUT2D eigenvalue weighted by Crippen LogP contribution is 2.25. The number of rotatable bonds is 1. The summed E-state index contributed by atoms with van der Waals surface area (Å²) >= 11 is 0. The van der Waals surface area contributed by atoms with Crippen molar-refractivity contribution in [2.24, 2.45) is 0 Å². The van der Waals surface area contributed by atoms with Crippen LogP contribution in [0.4, 0.5) is 0 Å². The molecule has 0 atom stereocenters. The van der Waals surface area contributed by atoms with Gasteiger partial charge in [0.25, 0.3) is 5.91 Å². The summed E-state index contributed by atoms with van der Waals surface area (Å²) in [5.74, 6) is 0.0503. The number of carbonyl (C=O) groups excluding carboxylic acids is 1. The molecule has 1 N–H and O–H groups in total. The number of nitrogens with one attached hydrogen (secondary N) is 1. The Morgan fingerprint density at radius 2 is 1.94 bits per heavy atom. The zero-order valence-electron chi connectivity index (χ0n) is 10.1. The summed E-state index contributed by atoms with van der Waals surface area (Å²) in [6.07, 6.45) is 0. The van der Waals surface area contributed by atoms with E-state index in [1.54, 1.807) is 19.0 Å². The number of amides is 1. The molecule has 1 aromatic carbocycles. The summed E-state index contributed by atoms with van der Waals surface area (Å²) < 4.78 is 0. The number of para-hydroxylation sites is 1. The standard InChI is InChI=1S/C13H16N2O/c1-8-6-5-7-10-11(13(16)15(3)4)9(2)14-12(8)10/h5-7,14H,1-4H3. The molecule has 0 saturated heterocycles. The summed E-state index contributed by atoms with van der Waals surface area (Å²) in [6, 6.07) is 6.02. The van der Waals surface area contributed by atoms with E-state index in [0.29, 0.717) is 0 Å². The molecule has 1 heterocycles. The molecular formula is C13H16N2O. The normalized spacial score (nSPS) is 10.8. The highest BCUT2D eigenvalue weighted by Gasteiger charge is 2.17. The van der Waals surface area contributed by atoms with E-state index < -0.39 is 0 Å². The molecule has 0 fully saturated rings. The summed E-state index contributed by atoms with van der Waals surface area (Å²) in [7, 11) is 3.55. The summed E-state index contributed by atoms with van der Waals surface area (Å²) in [5, 5.41) is 1.01. The van der Waals surface area contributed by atoms with Crippen molar-refractivity contribution in [3.05, 3.63) is 35.0 Å². The van der Waals surface area contributed by atoms with Crippen molar-refractivity contribution in [2.75, 3.05) is 14.1 Å². The van der Waals surface area contributed by atoms with Crippen LogP contribution in [-0.2, 0) is 0 Å². The van der Waals surface area contributed by atoms with Gasteiger partial charge >= 0.3 is 0 Å². The largest absolute Gasteiger partial charge is 0.358 e. The molecule has 3 heteroatoms. The van der Waals surface area contributed by atoms with Crippen LogP contribution in [0.3, 0.4) is 0 Å². The molecular weight excluding hydrogens is 200 g/mol. The van der Waals surface area contributed by atoms with Gasteiger partial charge in [-0.1, -0.05) is 18.2 Å². The topological polar surface area (TPSA) is 36.1 Å². The summed E-state index contributed by atoms with van der Waals surface area (Å²) in [6.45, 7) is 3.98. The van der Waals surface area contributed by atoms with E-state index in [-0.39, 0.29) is 5.91 Å². The number of hydrogen-bond donors (Lipinski definition) is 1. The minimum Gasteiger partial charge on any atom is -0.358 e. The number of fused-ring (bicyclic) bond motifs is 1. The molecule has 0 aliphatic carbocycles. The van der Waals surface area contributed by atoms with Crippen molar-refractivity contribution >= 4 is 16.8 Å². The minimum atomic E-state index is 0.0503. The fraction of sp³-hybridized carbons (Fsp3) is 0.308. The summed E-state index contributed by atoms with van der Waals surface area (Å²) in [4.78, 5) is 17.0. The number of benzene rings is 1. The van der Waals surface area contributed by atoms with Crippen LogP contribution in [0.5, 0.6) is 0 Å². The summed E-state index contributed by atoms with van der Waals surface area (Å²) in [5.41, 5.74) is 3.94. The molecule has 0 spiro atoms. The van der Waals surface area contributed by atoms with Crippen LogP contribution in [0.25, 0.3) is 10.9 Å². The molecule has 1 amide bonds. The Bertz CT molecular complexity index is 552. The molecule has 2 rings (SSSR count). The third-order valence-electron chi connectivity index (χ3n) is 2.85. The highest BCUT2D eigenvalue weighted by molar-refractivity contribution is 6.08. The minimum absolute atomic E-state index is 0.0503. The number of nitrogens with zero attached hydrogens (tertiary/aromatic N) is 1. The predicted octanol–water partition coefficient (Wildman–Crippen LogP) is 2.49. The Balaban J connectivity index is 2.75. The van der Waals surface area contributed by atoms with Gasteiger partial charge < -0.3 is 9.88 Å². The van der Waals surface area contributed by atoms with Gasteiger partial charge in [0.1, 0.15) is 0 Å². The van der Waals surface area contributed by atoms with E-state index in [2.05, 4.69) is 4.98 Å². The molecule has 3 nitrogen and oxygen atoms in total. The molecule has 0 aliphatic rings. The molecule has 0 aliphatic heterocycles. The lowest BCUT2D eigenvalue weighted by molar-refractivity contribution is 0.0829. The van der Waals surface area contributed by atoms with Crippen LogP contribution in [0.2, 0.25) is 0 Å². The molecule has 1 aromatic heterocycles. The average molecular weight is 216 g/mol. The second-order valence-corrected chi connectivity index (χ2v) is 4.32. The predicted molar refractivity (Wildman–Crippen MR) is 65.8 cm³/mol. The molecule has 0 radical (unpaired) electrons. The quantitative estimate of drug-likeness (QED) is 0.781. The van der Waals surface area contributed by atoms with E-state index in [0.717, 1.165) is 22.2 Å². The van der Waals surface area contributed by atoms with Crippen LogP contribution in [-0.4, -0.2) is 29.9 Å². The Hall–Kier alpha value is -1.77. The van der Waals surface area contributed by atoms with E-state index in [4.69, 9.17) is 0 Å². The maximum absolute atomic E-state index is 12.1. The van der Waals surface area contributed by atoms with Gasteiger partial charge in [0.15, 0.2) is 0 Å². The van der Waals surface area contributed by atoms with E-state index in [1.165, 1.54) is 5.56 Å². The molecule has 0 bridgehead atoms. The van der Waals surface area contributed by atoms with E-state index in [9.17, 15) is 4.79 Å². The van der Waals surface area contributed by atoms with Gasteiger partial charge in [-0.3, -0.25) is 4.79 Å². The van der Waals surface area contributed by atoms with Gasteiger partial charge in [0.05, 0.1) is 5.56 Å². The Morgan fingerprint density at radius 3 is 2.56 bits per heavy atom. The highest BCUT2D eigenvalue weighted by atomic mass is 16.2. The van der Waals surface area contributed by atoms with E-state index >= 15 is 0 Å². The molecule has 0 unspecified atom stereocenters. The second-order valence-electron chi connectivity index (χ2n) is 4.32. The van der Waals surface area contributed by atoms with Crippen molar-refractivity contribution in [2.45, 2.75) is 13.8 Å². The van der Waals surface area contributed by atoms with Gasteiger partial charge in [0.2, 0.25) is 0 Å². The monoisotopic (exact) mass is 216 g/mol. The first kappa shape index (κ1) is 10.7. The Kier molecular flexibility index (Phi) is 2.46. The van der Waals surface area contributed by atoms with E-state index in [1.807, 2.05) is 32.0 Å². The lowest BCUT2D eigenvalue weighted by Gasteiger charge is -2.10. The number of carbonyl (C=O) groups is 1. The third kappa shape index (κ3) is 1.48. The lowest BCUT2D eigenvalue weighted by Crippen LogP contribution is -2.22. The zero-order chi connectivity index (χ0) is 11.9.